The molecule has 4 nitrogen and oxygen atoms in total. The summed E-state index contributed by atoms with van der Waals surface area (Å²) >= 11 is 5.21. The van der Waals surface area contributed by atoms with Gasteiger partial charge in [0.1, 0.15) is 5.57 Å². The fourth-order valence-corrected chi connectivity index (χ4v) is 2.55. The van der Waals surface area contributed by atoms with Gasteiger partial charge in [0.05, 0.1) is 0 Å². The first-order valence-corrected chi connectivity index (χ1v) is 7.85. The van der Waals surface area contributed by atoms with Gasteiger partial charge >= 0.3 is 0 Å². The number of hydrogen-bond acceptors (Lipinski definition) is 3. The van der Waals surface area contributed by atoms with Crippen LogP contribution < -0.4 is 0 Å². The van der Waals surface area contributed by atoms with Crippen molar-refractivity contribution in [2.75, 3.05) is 13.1 Å². The molecule has 0 bridgehead atoms. The van der Waals surface area contributed by atoms with E-state index in [2.05, 4.69) is 13.2 Å². The van der Waals surface area contributed by atoms with E-state index in [1.54, 1.807) is 24.3 Å². The van der Waals surface area contributed by atoms with Gasteiger partial charge in [-0.2, -0.15) is 0 Å². The molecule has 1 heterocycles. The molecule has 23 heavy (non-hydrogen) atoms. The highest BCUT2D eigenvalue weighted by atomic mass is 32.1. The summed E-state index contributed by atoms with van der Waals surface area (Å²) in [6.45, 7) is 13.9. The average molecular weight is 330 g/mol. The third kappa shape index (κ3) is 3.93. The maximum absolute atomic E-state index is 12.4. The molecule has 1 aliphatic heterocycles. The van der Waals surface area contributed by atoms with E-state index < -0.39 is 0 Å². The molecule has 1 saturated heterocycles. The SMILES string of the molecule is C=C/C(C)=C(C=C)/C=C/C=C1C(=O)N(CC)C(=S)N(CC)C1=O. The first kappa shape index (κ1) is 18.8. The van der Waals surface area contributed by atoms with Gasteiger partial charge in [-0.1, -0.05) is 37.5 Å². The quantitative estimate of drug-likeness (QED) is 0.325. The van der Waals surface area contributed by atoms with Crippen molar-refractivity contribution in [3.8, 4) is 0 Å². The van der Waals surface area contributed by atoms with E-state index in [-0.39, 0.29) is 22.5 Å². The van der Waals surface area contributed by atoms with Crippen LogP contribution in [0.5, 0.6) is 0 Å². The fourth-order valence-electron chi connectivity index (χ4n) is 2.13. The Labute approximate surface area is 143 Å². The topological polar surface area (TPSA) is 40.6 Å². The van der Waals surface area contributed by atoms with Gasteiger partial charge in [0.15, 0.2) is 5.11 Å². The normalized spacial score (nSPS) is 16.8. The molecule has 5 heteroatoms. The summed E-state index contributed by atoms with van der Waals surface area (Å²) in [6.07, 6.45) is 8.41. The predicted octanol–water partition coefficient (Wildman–Crippen LogP) is 3.15. The Morgan fingerprint density at radius 2 is 1.61 bits per heavy atom. The summed E-state index contributed by atoms with van der Waals surface area (Å²) in [5, 5.41) is 0.264. The maximum atomic E-state index is 12.4. The van der Waals surface area contributed by atoms with Crippen LogP contribution in [-0.2, 0) is 9.59 Å². The number of carbonyl (C=O) groups excluding carboxylic acids is 2. The van der Waals surface area contributed by atoms with Crippen molar-refractivity contribution in [1.29, 1.82) is 0 Å². The van der Waals surface area contributed by atoms with Gasteiger partial charge in [0.25, 0.3) is 11.8 Å². The third-order valence-corrected chi connectivity index (χ3v) is 4.01. The van der Waals surface area contributed by atoms with Gasteiger partial charge in [-0.25, -0.2) is 0 Å². The van der Waals surface area contributed by atoms with Crippen molar-refractivity contribution in [2.24, 2.45) is 0 Å². The molecule has 2 amide bonds. The molecular weight excluding hydrogens is 308 g/mol. The van der Waals surface area contributed by atoms with Crippen molar-refractivity contribution < 1.29 is 9.59 Å². The standard InChI is InChI=1S/C18H22N2O2S/c1-6-13(5)14(7-2)11-10-12-15-16(21)19(8-3)18(23)20(9-4)17(15)22/h6-7,10-12H,1-2,8-9H2,3-5H3/b11-10+,14-13+. The van der Waals surface area contributed by atoms with Crippen LogP contribution in [0.25, 0.3) is 0 Å². The Hall–Kier alpha value is -2.27. The molecule has 0 aromatic heterocycles. The molecule has 1 aliphatic rings. The van der Waals surface area contributed by atoms with Gasteiger partial charge in [0, 0.05) is 13.1 Å². The zero-order chi connectivity index (χ0) is 17.6. The van der Waals surface area contributed by atoms with E-state index in [9.17, 15) is 9.59 Å². The van der Waals surface area contributed by atoms with Gasteiger partial charge in [0.2, 0.25) is 0 Å². The maximum Gasteiger partial charge on any atom is 0.265 e. The van der Waals surface area contributed by atoms with Crippen LogP contribution in [0.1, 0.15) is 20.8 Å². The van der Waals surface area contributed by atoms with Gasteiger partial charge in [-0.15, -0.1) is 0 Å². The molecule has 1 rings (SSSR count). The van der Waals surface area contributed by atoms with Crippen LogP contribution in [0.2, 0.25) is 0 Å². The van der Waals surface area contributed by atoms with Crippen molar-refractivity contribution in [1.82, 2.24) is 9.80 Å². The minimum absolute atomic E-state index is 0.109. The molecule has 0 unspecified atom stereocenters. The molecule has 0 spiro atoms. The predicted molar refractivity (Wildman–Crippen MR) is 97.7 cm³/mol. The average Bonchev–Trinajstić information content (AvgIpc) is 2.54. The molecule has 0 aromatic rings. The lowest BCUT2D eigenvalue weighted by Crippen LogP contribution is -2.55. The number of amides is 2. The molecule has 122 valence electrons. The van der Waals surface area contributed by atoms with E-state index in [4.69, 9.17) is 12.2 Å². The zero-order valence-corrected chi connectivity index (χ0v) is 14.7. The second-order valence-electron chi connectivity index (χ2n) is 4.87. The fraction of sp³-hybridized carbons (Fsp3) is 0.278. The first-order chi connectivity index (χ1) is 10.9. The van der Waals surface area contributed by atoms with Crippen molar-refractivity contribution in [2.45, 2.75) is 20.8 Å². The smallest absolute Gasteiger partial charge is 0.265 e. The Morgan fingerprint density at radius 3 is 2.00 bits per heavy atom. The lowest BCUT2D eigenvalue weighted by molar-refractivity contribution is -0.133. The summed E-state index contributed by atoms with van der Waals surface area (Å²) in [5.41, 5.74) is 1.95. The number of likely N-dealkylation sites (N-methyl/N-ethyl adjacent to an activating group) is 2. The molecule has 0 saturated carbocycles. The number of thiocarbonyl (C=S) groups is 1. The highest BCUT2D eigenvalue weighted by Gasteiger charge is 2.37. The van der Waals surface area contributed by atoms with Crippen LogP contribution >= 0.6 is 12.2 Å². The van der Waals surface area contributed by atoms with E-state index >= 15 is 0 Å². The molecule has 0 radical (unpaired) electrons. The summed E-state index contributed by atoms with van der Waals surface area (Å²) in [4.78, 5) is 27.7. The van der Waals surface area contributed by atoms with Crippen molar-refractivity contribution in [3.63, 3.8) is 0 Å². The third-order valence-electron chi connectivity index (χ3n) is 3.57. The monoisotopic (exact) mass is 330 g/mol. The molecule has 0 aromatic carbocycles. The van der Waals surface area contributed by atoms with Crippen molar-refractivity contribution >= 4 is 29.1 Å². The van der Waals surface area contributed by atoms with Crippen molar-refractivity contribution in [3.05, 3.63) is 60.3 Å². The molecular formula is C18H22N2O2S. The summed E-state index contributed by atoms with van der Waals surface area (Å²) < 4.78 is 0. The number of allylic oxidation sites excluding steroid dienone is 7. The highest BCUT2D eigenvalue weighted by molar-refractivity contribution is 7.80. The molecule has 1 fully saturated rings. The number of nitrogens with zero attached hydrogens (tertiary/aromatic N) is 2. The Balaban J connectivity index is 3.20. The second-order valence-corrected chi connectivity index (χ2v) is 5.23. The summed E-state index contributed by atoms with van der Waals surface area (Å²) in [5.74, 6) is -0.720. The van der Waals surface area contributed by atoms with Crippen LogP contribution in [0.3, 0.4) is 0 Å². The van der Waals surface area contributed by atoms with E-state index in [0.29, 0.717) is 13.1 Å². The van der Waals surface area contributed by atoms with Gasteiger partial charge < -0.3 is 0 Å². The highest BCUT2D eigenvalue weighted by Crippen LogP contribution is 2.18. The Bertz CT molecular complexity index is 613. The summed E-state index contributed by atoms with van der Waals surface area (Å²) in [6, 6.07) is 0. The second kappa shape index (κ2) is 8.39. The van der Waals surface area contributed by atoms with E-state index in [0.717, 1.165) is 11.1 Å². The minimum atomic E-state index is -0.360. The largest absolute Gasteiger partial charge is 0.285 e. The summed E-state index contributed by atoms with van der Waals surface area (Å²) in [7, 11) is 0. The number of rotatable bonds is 6. The Kier molecular flexibility index (Phi) is 6.85. The Morgan fingerprint density at radius 1 is 1.09 bits per heavy atom. The zero-order valence-electron chi connectivity index (χ0n) is 13.8. The molecule has 0 aliphatic carbocycles. The van der Waals surface area contributed by atoms with Gasteiger partial charge in [-0.05, 0) is 50.2 Å². The van der Waals surface area contributed by atoms with E-state index in [1.165, 1.54) is 15.9 Å². The number of hydrogen-bond donors (Lipinski definition) is 0. The molecule has 0 N–H and O–H groups in total. The van der Waals surface area contributed by atoms with Gasteiger partial charge in [-0.3, -0.25) is 19.4 Å². The minimum Gasteiger partial charge on any atom is -0.285 e. The van der Waals surface area contributed by atoms with Crippen LogP contribution in [-0.4, -0.2) is 39.8 Å². The molecule has 0 atom stereocenters. The lowest BCUT2D eigenvalue weighted by Gasteiger charge is -2.35. The van der Waals surface area contributed by atoms with Crippen LogP contribution in [0.4, 0.5) is 0 Å². The van der Waals surface area contributed by atoms with E-state index in [1.807, 2.05) is 20.8 Å². The lowest BCUT2D eigenvalue weighted by atomic mass is 10.1. The number of carbonyl (C=O) groups is 2. The first-order valence-electron chi connectivity index (χ1n) is 7.44. The van der Waals surface area contributed by atoms with Crippen LogP contribution in [0, 0.1) is 0 Å². The van der Waals surface area contributed by atoms with Crippen LogP contribution in [0.15, 0.2) is 60.3 Å².